The van der Waals surface area contributed by atoms with Crippen LogP contribution >= 0.6 is 23.4 Å². The number of ether oxygens (including phenoxy) is 1. The van der Waals surface area contributed by atoms with Crippen LogP contribution in [0.25, 0.3) is 11.0 Å². The van der Waals surface area contributed by atoms with Crippen molar-refractivity contribution in [3.8, 4) is 5.75 Å². The van der Waals surface area contributed by atoms with E-state index in [1.54, 1.807) is 35.0 Å². The lowest BCUT2D eigenvalue weighted by Gasteiger charge is -2.06. The van der Waals surface area contributed by atoms with Gasteiger partial charge in [-0.3, -0.25) is 4.68 Å². The maximum Gasteiger partial charge on any atom is 0.162 e. The van der Waals surface area contributed by atoms with Gasteiger partial charge < -0.3 is 4.74 Å². The lowest BCUT2D eigenvalue weighted by atomic mass is 10.3. The van der Waals surface area contributed by atoms with Crippen LogP contribution in [0, 0.1) is 0 Å². The van der Waals surface area contributed by atoms with E-state index in [0.717, 1.165) is 27.6 Å². The Hall–Kier alpha value is -1.79. The van der Waals surface area contributed by atoms with E-state index < -0.39 is 0 Å². The lowest BCUT2D eigenvalue weighted by molar-refractivity contribution is 0.344. The summed E-state index contributed by atoms with van der Waals surface area (Å²) < 4.78 is 7.40. The summed E-state index contributed by atoms with van der Waals surface area (Å²) in [5.41, 5.74) is 0.836. The Balaban J connectivity index is 1.60. The number of nitrogens with zero attached hydrogens (tertiary/aromatic N) is 4. The van der Waals surface area contributed by atoms with Gasteiger partial charge in [0.15, 0.2) is 5.65 Å². The largest absolute Gasteiger partial charge is 0.493 e. The average Bonchev–Trinajstić information content (AvgIpc) is 2.86. The van der Waals surface area contributed by atoms with E-state index in [2.05, 4.69) is 15.1 Å². The third-order valence-corrected chi connectivity index (χ3v) is 4.08. The van der Waals surface area contributed by atoms with Gasteiger partial charge in [0, 0.05) is 17.8 Å². The minimum absolute atomic E-state index is 0.580. The highest BCUT2D eigenvalue weighted by Gasteiger charge is 2.08. The predicted octanol–water partition coefficient (Wildman–Crippen LogP) is 3.19. The summed E-state index contributed by atoms with van der Waals surface area (Å²) in [6, 6.07) is 7.38. The van der Waals surface area contributed by atoms with Gasteiger partial charge in [0.1, 0.15) is 17.1 Å². The van der Waals surface area contributed by atoms with Crippen molar-refractivity contribution in [2.75, 3.05) is 12.4 Å². The molecule has 0 saturated heterocycles. The lowest BCUT2D eigenvalue weighted by Crippen LogP contribution is -2.00. The first-order valence-electron chi connectivity index (χ1n) is 6.38. The molecule has 0 aliphatic rings. The van der Waals surface area contributed by atoms with Gasteiger partial charge in [0.05, 0.1) is 18.2 Å². The standard InChI is InChI=1S/C14H13ClN4OS/c1-19-13-12(8-18-19)14(17-9-16-13)21-6-5-20-11-4-2-3-10(15)7-11/h2-4,7-9H,5-6H2,1H3. The molecule has 3 aromatic rings. The van der Waals surface area contributed by atoms with Crippen LogP contribution in [-0.2, 0) is 7.05 Å². The summed E-state index contributed by atoms with van der Waals surface area (Å²) in [4.78, 5) is 8.52. The van der Waals surface area contributed by atoms with Crippen LogP contribution in [0.4, 0.5) is 0 Å². The molecule has 7 heteroatoms. The van der Waals surface area contributed by atoms with Crippen molar-refractivity contribution >= 4 is 34.4 Å². The van der Waals surface area contributed by atoms with Crippen LogP contribution in [0.2, 0.25) is 5.02 Å². The van der Waals surface area contributed by atoms with E-state index in [9.17, 15) is 0 Å². The molecule has 0 N–H and O–H groups in total. The Morgan fingerprint density at radius 2 is 2.24 bits per heavy atom. The Bertz CT molecular complexity index is 762. The fourth-order valence-electron chi connectivity index (χ4n) is 1.91. The second-order valence-electron chi connectivity index (χ2n) is 4.34. The summed E-state index contributed by atoms with van der Waals surface area (Å²) in [6.45, 7) is 0.580. The molecule has 3 rings (SSSR count). The van der Waals surface area contributed by atoms with E-state index in [1.165, 1.54) is 0 Å². The number of thioether (sulfide) groups is 1. The topological polar surface area (TPSA) is 52.8 Å². The van der Waals surface area contributed by atoms with Crippen molar-refractivity contribution in [3.05, 3.63) is 41.8 Å². The fraction of sp³-hybridized carbons (Fsp3) is 0.214. The smallest absolute Gasteiger partial charge is 0.162 e. The highest BCUT2D eigenvalue weighted by molar-refractivity contribution is 7.99. The van der Waals surface area contributed by atoms with Crippen LogP contribution in [0.15, 0.2) is 41.8 Å². The third-order valence-electron chi connectivity index (χ3n) is 2.88. The normalized spacial score (nSPS) is 11.0. The number of hydrogen-bond acceptors (Lipinski definition) is 5. The Kier molecular flexibility index (Phi) is 4.26. The van der Waals surface area contributed by atoms with Crippen molar-refractivity contribution in [1.29, 1.82) is 0 Å². The molecule has 5 nitrogen and oxygen atoms in total. The molecule has 0 saturated carbocycles. The number of benzene rings is 1. The summed E-state index contributed by atoms with van der Waals surface area (Å²) in [5, 5.41) is 6.76. The molecule has 0 radical (unpaired) electrons. The molecule has 0 bridgehead atoms. The van der Waals surface area contributed by atoms with Crippen molar-refractivity contribution in [2.24, 2.45) is 7.05 Å². The number of hydrogen-bond donors (Lipinski definition) is 0. The van der Waals surface area contributed by atoms with Gasteiger partial charge in [-0.25, -0.2) is 9.97 Å². The Morgan fingerprint density at radius 3 is 3.10 bits per heavy atom. The van der Waals surface area contributed by atoms with E-state index in [0.29, 0.717) is 11.6 Å². The maximum absolute atomic E-state index is 5.91. The zero-order valence-electron chi connectivity index (χ0n) is 11.4. The monoisotopic (exact) mass is 320 g/mol. The van der Waals surface area contributed by atoms with Crippen molar-refractivity contribution in [3.63, 3.8) is 0 Å². The van der Waals surface area contributed by atoms with Crippen molar-refractivity contribution in [2.45, 2.75) is 5.03 Å². The minimum Gasteiger partial charge on any atom is -0.493 e. The zero-order chi connectivity index (χ0) is 14.7. The molecule has 0 unspecified atom stereocenters. The first-order valence-corrected chi connectivity index (χ1v) is 7.74. The van der Waals surface area contributed by atoms with E-state index in [1.807, 2.05) is 25.2 Å². The molecule has 108 valence electrons. The van der Waals surface area contributed by atoms with Crippen molar-refractivity contribution < 1.29 is 4.74 Å². The number of aromatic nitrogens is 4. The second kappa shape index (κ2) is 6.32. The molecule has 2 aromatic heterocycles. The van der Waals surface area contributed by atoms with E-state index in [4.69, 9.17) is 16.3 Å². The number of aryl methyl sites for hydroxylation is 1. The molecule has 1 aromatic carbocycles. The Labute approximate surface area is 131 Å². The fourth-order valence-corrected chi connectivity index (χ4v) is 2.87. The molecule has 0 spiro atoms. The molecule has 0 atom stereocenters. The maximum atomic E-state index is 5.91. The van der Waals surface area contributed by atoms with Gasteiger partial charge in [-0.1, -0.05) is 17.7 Å². The first-order chi connectivity index (χ1) is 10.2. The first kappa shape index (κ1) is 14.2. The molecule has 2 heterocycles. The van der Waals surface area contributed by atoms with Gasteiger partial charge in [-0.2, -0.15) is 5.10 Å². The number of rotatable bonds is 5. The molecule has 0 aliphatic heterocycles. The molecular formula is C14H13ClN4OS. The Morgan fingerprint density at radius 1 is 1.33 bits per heavy atom. The van der Waals surface area contributed by atoms with Crippen LogP contribution in [0.5, 0.6) is 5.75 Å². The van der Waals surface area contributed by atoms with Crippen LogP contribution in [0.1, 0.15) is 0 Å². The molecule has 0 aliphatic carbocycles. The summed E-state index contributed by atoms with van der Waals surface area (Å²) in [6.07, 6.45) is 3.35. The highest BCUT2D eigenvalue weighted by Crippen LogP contribution is 2.24. The number of fused-ring (bicyclic) bond motifs is 1. The van der Waals surface area contributed by atoms with Crippen LogP contribution in [-0.4, -0.2) is 32.1 Å². The minimum atomic E-state index is 0.580. The van der Waals surface area contributed by atoms with E-state index >= 15 is 0 Å². The van der Waals surface area contributed by atoms with Crippen LogP contribution in [0.3, 0.4) is 0 Å². The van der Waals surface area contributed by atoms with Gasteiger partial charge in [-0.15, -0.1) is 11.8 Å². The predicted molar refractivity (Wildman–Crippen MR) is 84.0 cm³/mol. The summed E-state index contributed by atoms with van der Waals surface area (Å²) >= 11 is 7.53. The van der Waals surface area contributed by atoms with Crippen molar-refractivity contribution in [1.82, 2.24) is 19.7 Å². The van der Waals surface area contributed by atoms with Gasteiger partial charge in [0.2, 0.25) is 0 Å². The molecule has 0 fully saturated rings. The van der Waals surface area contributed by atoms with E-state index in [-0.39, 0.29) is 0 Å². The molecule has 21 heavy (non-hydrogen) atoms. The second-order valence-corrected chi connectivity index (χ2v) is 5.86. The summed E-state index contributed by atoms with van der Waals surface area (Å²) in [5.74, 6) is 1.56. The van der Waals surface area contributed by atoms with Gasteiger partial charge >= 0.3 is 0 Å². The highest BCUT2D eigenvalue weighted by atomic mass is 35.5. The molecule has 0 amide bonds. The van der Waals surface area contributed by atoms with Crippen LogP contribution < -0.4 is 4.74 Å². The SMILES string of the molecule is Cn1ncc2c(SCCOc3cccc(Cl)c3)ncnc21. The molecular weight excluding hydrogens is 308 g/mol. The van der Waals surface area contributed by atoms with Gasteiger partial charge in [-0.05, 0) is 18.2 Å². The quantitative estimate of drug-likeness (QED) is 0.410. The summed E-state index contributed by atoms with van der Waals surface area (Å²) in [7, 11) is 1.87. The third kappa shape index (κ3) is 3.28. The number of halogens is 1. The zero-order valence-corrected chi connectivity index (χ0v) is 12.9. The average molecular weight is 321 g/mol. The van der Waals surface area contributed by atoms with Gasteiger partial charge in [0.25, 0.3) is 0 Å².